The largest absolute Gasteiger partial charge is 0.348 e. The van der Waals surface area contributed by atoms with Crippen LogP contribution < -0.4 is 5.32 Å². The van der Waals surface area contributed by atoms with Gasteiger partial charge in [0.1, 0.15) is 5.54 Å². The zero-order chi connectivity index (χ0) is 31.2. The monoisotopic (exact) mass is 597 g/mol. The van der Waals surface area contributed by atoms with Gasteiger partial charge in [-0.3, -0.25) is 4.79 Å². The molecule has 0 spiro atoms. The number of amides is 1. The van der Waals surface area contributed by atoms with Crippen LogP contribution in [0.3, 0.4) is 0 Å². The van der Waals surface area contributed by atoms with Gasteiger partial charge in [0.15, 0.2) is 5.82 Å². The molecule has 7 aromatic rings. The van der Waals surface area contributed by atoms with Gasteiger partial charge in [-0.05, 0) is 55.9 Å². The van der Waals surface area contributed by atoms with E-state index in [0.29, 0.717) is 17.9 Å². The summed E-state index contributed by atoms with van der Waals surface area (Å²) in [6.45, 7) is 0.471. The summed E-state index contributed by atoms with van der Waals surface area (Å²) in [6.07, 6.45) is 0. The molecule has 0 bridgehead atoms. The Labute approximate surface area is 268 Å². The Bertz CT molecular complexity index is 1950. The minimum Gasteiger partial charge on any atom is -0.348 e. The molecule has 6 heteroatoms. The van der Waals surface area contributed by atoms with E-state index in [1.807, 2.05) is 132 Å². The molecule has 1 heterocycles. The van der Waals surface area contributed by atoms with Gasteiger partial charge in [-0.15, -0.1) is 5.10 Å². The molecule has 1 N–H and O–H groups in total. The van der Waals surface area contributed by atoms with Crippen molar-refractivity contribution in [1.29, 1.82) is 0 Å². The van der Waals surface area contributed by atoms with Crippen LogP contribution in [0.4, 0.5) is 0 Å². The average Bonchev–Trinajstić information content (AvgIpc) is 3.63. The predicted octanol–water partition coefficient (Wildman–Crippen LogP) is 7.78. The van der Waals surface area contributed by atoms with Crippen LogP contribution in [0.15, 0.2) is 170 Å². The van der Waals surface area contributed by atoms with E-state index in [2.05, 4.69) is 58.1 Å². The summed E-state index contributed by atoms with van der Waals surface area (Å²) in [5.74, 6) is 0.503. The first-order chi connectivity index (χ1) is 22.7. The number of nitrogens with zero attached hydrogens (tertiary/aromatic N) is 4. The summed E-state index contributed by atoms with van der Waals surface area (Å²) in [7, 11) is 0. The van der Waals surface area contributed by atoms with Gasteiger partial charge in [0.25, 0.3) is 5.91 Å². The van der Waals surface area contributed by atoms with Crippen molar-refractivity contribution in [2.45, 2.75) is 12.1 Å². The van der Waals surface area contributed by atoms with E-state index in [0.717, 1.165) is 38.9 Å². The Kier molecular flexibility index (Phi) is 7.99. The van der Waals surface area contributed by atoms with Gasteiger partial charge in [0.05, 0.1) is 0 Å². The molecule has 0 atom stereocenters. The molecule has 0 fully saturated rings. The van der Waals surface area contributed by atoms with E-state index in [1.54, 1.807) is 0 Å². The molecule has 6 aromatic carbocycles. The fourth-order valence-corrected chi connectivity index (χ4v) is 6.10. The lowest BCUT2D eigenvalue weighted by Crippen LogP contribution is -2.39. The van der Waals surface area contributed by atoms with Gasteiger partial charge in [0.2, 0.25) is 0 Å². The van der Waals surface area contributed by atoms with E-state index in [4.69, 9.17) is 5.21 Å². The van der Waals surface area contributed by atoms with Crippen molar-refractivity contribution in [3.05, 3.63) is 198 Å². The molecule has 1 amide bonds. The maximum absolute atomic E-state index is 12.9. The fourth-order valence-electron chi connectivity index (χ4n) is 6.10. The van der Waals surface area contributed by atoms with Crippen LogP contribution in [0.2, 0.25) is 0 Å². The van der Waals surface area contributed by atoms with Crippen molar-refractivity contribution < 1.29 is 4.79 Å². The highest BCUT2D eigenvalue weighted by molar-refractivity contribution is 5.95. The van der Waals surface area contributed by atoms with Crippen LogP contribution in [-0.4, -0.2) is 26.1 Å². The van der Waals surface area contributed by atoms with E-state index in [9.17, 15) is 4.79 Å². The molecule has 46 heavy (non-hydrogen) atoms. The highest BCUT2D eigenvalue weighted by Crippen LogP contribution is 2.43. The summed E-state index contributed by atoms with van der Waals surface area (Å²) in [5, 5.41) is 16.6. The van der Waals surface area contributed by atoms with Crippen molar-refractivity contribution in [2.24, 2.45) is 0 Å². The first kappa shape index (κ1) is 28.6. The number of tetrazole rings is 1. The van der Waals surface area contributed by atoms with Gasteiger partial charge in [-0.1, -0.05) is 158 Å². The number of hydrogen-bond donors (Lipinski definition) is 1. The first-order valence-electron chi connectivity index (χ1n) is 15.2. The summed E-state index contributed by atoms with van der Waals surface area (Å²) in [5.41, 5.74) is 6.66. The quantitative estimate of drug-likeness (QED) is 0.173. The predicted molar refractivity (Wildman–Crippen MR) is 181 cm³/mol. The van der Waals surface area contributed by atoms with E-state index >= 15 is 0 Å². The topological polar surface area (TPSA) is 72.7 Å². The maximum atomic E-state index is 12.9. The number of benzene rings is 6. The number of hydrogen-bond acceptors (Lipinski definition) is 4. The zero-order valence-electron chi connectivity index (χ0n) is 25.1. The molecule has 0 aliphatic heterocycles. The average molecular weight is 598 g/mol. The van der Waals surface area contributed by atoms with Gasteiger partial charge in [-0.25, -0.2) is 4.68 Å². The van der Waals surface area contributed by atoms with Crippen molar-refractivity contribution in [1.82, 2.24) is 25.5 Å². The molecule has 0 aliphatic rings. The van der Waals surface area contributed by atoms with Crippen LogP contribution in [0, 0.1) is 0 Å². The van der Waals surface area contributed by atoms with Crippen LogP contribution in [0.25, 0.3) is 22.5 Å². The minimum absolute atomic E-state index is 0.119. The molecule has 0 saturated heterocycles. The summed E-state index contributed by atoms with van der Waals surface area (Å²) >= 11 is 0. The second kappa shape index (κ2) is 12.8. The van der Waals surface area contributed by atoms with Gasteiger partial charge >= 0.3 is 0 Å². The molecule has 0 aliphatic carbocycles. The highest BCUT2D eigenvalue weighted by Gasteiger charge is 2.42. The molecule has 0 unspecified atom stereocenters. The Hall–Kier alpha value is -6.14. The third-order valence-corrected chi connectivity index (χ3v) is 8.28. The third-order valence-electron chi connectivity index (χ3n) is 8.28. The number of rotatable bonds is 9. The number of nitrogens with one attached hydrogen (secondary N) is 1. The van der Waals surface area contributed by atoms with Gasteiger partial charge in [-0.2, -0.15) is 0 Å². The Morgan fingerprint density at radius 3 is 1.59 bits per heavy atom. The highest BCUT2D eigenvalue weighted by atomic mass is 16.1. The van der Waals surface area contributed by atoms with Crippen molar-refractivity contribution >= 4 is 5.91 Å². The molecule has 6 nitrogen and oxygen atoms in total. The third kappa shape index (κ3) is 5.37. The molecule has 1 aromatic heterocycles. The summed E-state index contributed by atoms with van der Waals surface area (Å²) < 4.78 is 1.94. The van der Waals surface area contributed by atoms with Crippen LogP contribution in [0.1, 0.15) is 32.6 Å². The molecular formula is C40H31N5O. The standard InChI is InChI=1S/C40H31N5O/c46-39(41-29-30-15-5-1-6-16-30)32-27-25-31(26-28-32)36-23-13-14-24-37(36)38-42-43-44-45(38)40(33-17-7-2-8-18-33,34-19-9-3-10-20-34)35-21-11-4-12-22-35/h1-28H,29H2,(H,41,46). The Morgan fingerprint density at radius 1 is 0.565 bits per heavy atom. The molecule has 7 rings (SSSR count). The van der Waals surface area contributed by atoms with Gasteiger partial charge < -0.3 is 5.32 Å². The van der Waals surface area contributed by atoms with E-state index in [1.165, 1.54) is 0 Å². The molecule has 222 valence electrons. The van der Waals surface area contributed by atoms with Crippen LogP contribution in [-0.2, 0) is 12.1 Å². The maximum Gasteiger partial charge on any atom is 0.251 e. The lowest BCUT2D eigenvalue weighted by atomic mass is 9.77. The molecular weight excluding hydrogens is 566 g/mol. The SMILES string of the molecule is O=C(NCc1ccccc1)c1ccc(-c2ccccc2-c2nnnn2C(c2ccccc2)(c2ccccc2)c2ccccc2)cc1. The van der Waals surface area contributed by atoms with E-state index in [-0.39, 0.29) is 5.91 Å². The lowest BCUT2D eigenvalue weighted by molar-refractivity contribution is 0.0951. The molecule has 0 radical (unpaired) electrons. The smallest absolute Gasteiger partial charge is 0.251 e. The van der Waals surface area contributed by atoms with Crippen LogP contribution >= 0.6 is 0 Å². The number of carbonyl (C=O) groups excluding carboxylic acids is 1. The van der Waals surface area contributed by atoms with Gasteiger partial charge in [0, 0.05) is 17.7 Å². The summed E-state index contributed by atoms with van der Waals surface area (Å²) in [4.78, 5) is 12.9. The van der Waals surface area contributed by atoms with E-state index < -0.39 is 5.54 Å². The van der Waals surface area contributed by atoms with Crippen molar-refractivity contribution in [2.75, 3.05) is 0 Å². The zero-order valence-corrected chi connectivity index (χ0v) is 25.1. The normalized spacial score (nSPS) is 11.2. The Morgan fingerprint density at radius 2 is 1.04 bits per heavy atom. The second-order valence-electron chi connectivity index (χ2n) is 11.0. The first-order valence-corrected chi connectivity index (χ1v) is 15.2. The minimum atomic E-state index is -0.865. The van der Waals surface area contributed by atoms with Crippen molar-refractivity contribution in [3.63, 3.8) is 0 Å². The fraction of sp³-hybridized carbons (Fsp3) is 0.0500. The number of carbonyl (C=O) groups is 1. The molecule has 0 saturated carbocycles. The Balaban J connectivity index is 1.33. The van der Waals surface area contributed by atoms with Crippen molar-refractivity contribution in [3.8, 4) is 22.5 Å². The lowest BCUT2D eigenvalue weighted by Gasteiger charge is -2.36. The second-order valence-corrected chi connectivity index (χ2v) is 11.0. The van der Waals surface area contributed by atoms with Crippen LogP contribution in [0.5, 0.6) is 0 Å². The number of aromatic nitrogens is 4. The summed E-state index contributed by atoms with van der Waals surface area (Å²) in [6, 6.07) is 56.8.